The summed E-state index contributed by atoms with van der Waals surface area (Å²) in [6.45, 7) is 8.90. The van der Waals surface area contributed by atoms with Gasteiger partial charge in [-0.05, 0) is 55.8 Å². The Bertz CT molecular complexity index is 796. The van der Waals surface area contributed by atoms with Crippen LogP contribution in [0.25, 0.3) is 11.4 Å². The second kappa shape index (κ2) is 8.31. The van der Waals surface area contributed by atoms with Crippen molar-refractivity contribution in [1.82, 2.24) is 20.5 Å². The van der Waals surface area contributed by atoms with Crippen LogP contribution in [0.3, 0.4) is 0 Å². The molecule has 0 bridgehead atoms. The Morgan fingerprint density at radius 1 is 1.14 bits per heavy atom. The first-order valence-electron chi connectivity index (χ1n) is 9.25. The van der Waals surface area contributed by atoms with Crippen molar-refractivity contribution in [2.75, 3.05) is 13.9 Å². The molecule has 1 saturated heterocycles. The van der Waals surface area contributed by atoms with Crippen LogP contribution in [0.15, 0.2) is 28.9 Å². The minimum atomic E-state index is 0.00865. The zero-order valence-corrected chi connectivity index (χ0v) is 18.5. The highest BCUT2D eigenvalue weighted by atomic mass is 79.9. The van der Waals surface area contributed by atoms with E-state index in [4.69, 9.17) is 14.2 Å². The van der Waals surface area contributed by atoms with E-state index in [1.165, 1.54) is 0 Å². The predicted octanol–water partition coefficient (Wildman–Crippen LogP) is 3.97. The first kappa shape index (κ1) is 21.0. The van der Waals surface area contributed by atoms with Crippen LogP contribution in [0.2, 0.25) is 0 Å². The molecule has 3 heterocycles. The molecule has 152 valence electrons. The molecule has 1 aliphatic rings. The van der Waals surface area contributed by atoms with Crippen LogP contribution in [0.5, 0.6) is 11.6 Å². The van der Waals surface area contributed by atoms with Gasteiger partial charge in [-0.2, -0.15) is 0 Å². The molecule has 0 amide bonds. The van der Waals surface area contributed by atoms with E-state index in [0.717, 1.165) is 17.3 Å². The molecule has 0 radical (unpaired) electrons. The third-order valence-corrected chi connectivity index (χ3v) is 4.91. The van der Waals surface area contributed by atoms with Gasteiger partial charge in [0.15, 0.2) is 12.5 Å². The van der Waals surface area contributed by atoms with Crippen LogP contribution in [-0.2, 0) is 4.74 Å². The molecule has 7 nitrogen and oxygen atoms in total. The van der Waals surface area contributed by atoms with Crippen molar-refractivity contribution in [3.8, 4) is 23.0 Å². The number of hydrogen-bond acceptors (Lipinski definition) is 7. The highest BCUT2D eigenvalue weighted by Crippen LogP contribution is 2.32. The summed E-state index contributed by atoms with van der Waals surface area (Å²) in [5.41, 5.74) is 1.23. The quantitative estimate of drug-likeness (QED) is 0.666. The van der Waals surface area contributed by atoms with Gasteiger partial charge in [-0.3, -0.25) is 0 Å². The van der Waals surface area contributed by atoms with Crippen molar-refractivity contribution in [3.05, 3.63) is 28.9 Å². The van der Waals surface area contributed by atoms with E-state index in [0.29, 0.717) is 23.0 Å². The summed E-state index contributed by atoms with van der Waals surface area (Å²) in [7, 11) is 1.57. The minimum Gasteiger partial charge on any atom is -0.473 e. The number of pyridine rings is 1. The molecule has 0 unspecified atom stereocenters. The average molecular weight is 451 g/mol. The zero-order valence-electron chi connectivity index (χ0n) is 17.0. The van der Waals surface area contributed by atoms with E-state index >= 15 is 0 Å². The van der Waals surface area contributed by atoms with Gasteiger partial charge < -0.3 is 19.5 Å². The molecule has 0 aliphatic carbocycles. The summed E-state index contributed by atoms with van der Waals surface area (Å²) in [6, 6.07) is 5.50. The standard InChI is InChI=1S/C20H27BrN4O3/c1-19(2)9-14(10-20(3,4)25-19)28-17-7-6-15(23-24-17)18-16(27-12-26-5)8-13(21)11-22-18/h6-8,11,14,25H,9-10,12H2,1-5H3. The fraction of sp³-hybridized carbons (Fsp3) is 0.550. The SMILES string of the molecule is COCOc1cc(Br)cnc1-c1ccc(OC2CC(C)(C)NC(C)(C)C2)nn1. The number of nitrogens with zero attached hydrogens (tertiary/aromatic N) is 3. The van der Waals surface area contributed by atoms with E-state index in [1.54, 1.807) is 13.3 Å². The fourth-order valence-corrected chi connectivity index (χ4v) is 4.15. The number of methoxy groups -OCH3 is 1. The maximum absolute atomic E-state index is 6.14. The lowest BCUT2D eigenvalue weighted by atomic mass is 9.81. The topological polar surface area (TPSA) is 78.4 Å². The van der Waals surface area contributed by atoms with Crippen LogP contribution >= 0.6 is 15.9 Å². The molecule has 0 aromatic carbocycles. The van der Waals surface area contributed by atoms with E-state index in [1.807, 2.05) is 18.2 Å². The first-order chi connectivity index (χ1) is 13.2. The van der Waals surface area contributed by atoms with Gasteiger partial charge >= 0.3 is 0 Å². The van der Waals surface area contributed by atoms with Crippen molar-refractivity contribution < 1.29 is 14.2 Å². The lowest BCUT2D eigenvalue weighted by Crippen LogP contribution is -2.60. The average Bonchev–Trinajstić information content (AvgIpc) is 2.58. The van der Waals surface area contributed by atoms with Crippen LogP contribution in [-0.4, -0.2) is 46.3 Å². The molecule has 1 N–H and O–H groups in total. The van der Waals surface area contributed by atoms with Gasteiger partial charge in [0.05, 0.1) is 0 Å². The lowest BCUT2D eigenvalue weighted by molar-refractivity contribution is 0.0509. The molecule has 0 saturated carbocycles. The van der Waals surface area contributed by atoms with Crippen molar-refractivity contribution in [1.29, 1.82) is 0 Å². The second-order valence-corrected chi connectivity index (χ2v) is 9.26. The van der Waals surface area contributed by atoms with Gasteiger partial charge in [0.1, 0.15) is 17.5 Å². The smallest absolute Gasteiger partial charge is 0.233 e. The largest absolute Gasteiger partial charge is 0.473 e. The number of rotatable bonds is 6. The summed E-state index contributed by atoms with van der Waals surface area (Å²) in [4.78, 5) is 4.41. The van der Waals surface area contributed by atoms with E-state index in [-0.39, 0.29) is 24.0 Å². The van der Waals surface area contributed by atoms with Gasteiger partial charge in [0.25, 0.3) is 0 Å². The highest BCUT2D eigenvalue weighted by Gasteiger charge is 2.38. The molecule has 2 aromatic rings. The zero-order chi connectivity index (χ0) is 20.4. The molecule has 0 spiro atoms. The summed E-state index contributed by atoms with van der Waals surface area (Å²) in [6.07, 6.45) is 3.59. The molecule has 2 aromatic heterocycles. The monoisotopic (exact) mass is 450 g/mol. The van der Waals surface area contributed by atoms with Crippen LogP contribution in [0.4, 0.5) is 0 Å². The maximum Gasteiger partial charge on any atom is 0.233 e. The van der Waals surface area contributed by atoms with E-state index < -0.39 is 0 Å². The number of aromatic nitrogens is 3. The van der Waals surface area contributed by atoms with Gasteiger partial charge in [-0.25, -0.2) is 4.98 Å². The Balaban J connectivity index is 1.75. The highest BCUT2D eigenvalue weighted by molar-refractivity contribution is 9.10. The Hall–Kier alpha value is -1.77. The molecule has 3 rings (SSSR count). The molecule has 8 heteroatoms. The maximum atomic E-state index is 6.14. The third kappa shape index (κ3) is 5.40. The Morgan fingerprint density at radius 2 is 1.86 bits per heavy atom. The number of halogens is 1. The van der Waals surface area contributed by atoms with Crippen LogP contribution in [0.1, 0.15) is 40.5 Å². The number of piperidine rings is 1. The molecule has 1 aliphatic heterocycles. The van der Waals surface area contributed by atoms with Crippen LogP contribution < -0.4 is 14.8 Å². The first-order valence-corrected chi connectivity index (χ1v) is 10.0. The molecular weight excluding hydrogens is 424 g/mol. The van der Waals surface area contributed by atoms with Crippen molar-refractivity contribution >= 4 is 15.9 Å². The summed E-state index contributed by atoms with van der Waals surface area (Å²) < 4.78 is 17.5. The molecule has 28 heavy (non-hydrogen) atoms. The van der Waals surface area contributed by atoms with Gasteiger partial charge in [0.2, 0.25) is 5.88 Å². The van der Waals surface area contributed by atoms with E-state index in [2.05, 4.69) is 64.1 Å². The summed E-state index contributed by atoms with van der Waals surface area (Å²) in [5, 5.41) is 12.2. The second-order valence-electron chi connectivity index (χ2n) is 8.35. The van der Waals surface area contributed by atoms with Gasteiger partial charge in [-0.15, -0.1) is 10.2 Å². The molecule has 1 fully saturated rings. The summed E-state index contributed by atoms with van der Waals surface area (Å²) in [5.74, 6) is 1.08. The van der Waals surface area contributed by atoms with Crippen molar-refractivity contribution in [3.63, 3.8) is 0 Å². The summed E-state index contributed by atoms with van der Waals surface area (Å²) >= 11 is 3.40. The fourth-order valence-electron chi connectivity index (χ4n) is 3.84. The van der Waals surface area contributed by atoms with Gasteiger partial charge in [0, 0.05) is 47.8 Å². The van der Waals surface area contributed by atoms with Crippen LogP contribution in [0, 0.1) is 0 Å². The molecule has 0 atom stereocenters. The predicted molar refractivity (Wildman–Crippen MR) is 110 cm³/mol. The van der Waals surface area contributed by atoms with Gasteiger partial charge in [-0.1, -0.05) is 0 Å². The van der Waals surface area contributed by atoms with Crippen molar-refractivity contribution in [2.24, 2.45) is 0 Å². The van der Waals surface area contributed by atoms with Crippen molar-refractivity contribution in [2.45, 2.75) is 57.7 Å². The lowest BCUT2D eigenvalue weighted by Gasteiger charge is -2.46. The number of nitrogens with one attached hydrogen (secondary N) is 1. The normalized spacial score (nSPS) is 18.6. The molecular formula is C20H27BrN4O3. The number of ether oxygens (including phenoxy) is 3. The Kier molecular flexibility index (Phi) is 6.21. The number of hydrogen-bond donors (Lipinski definition) is 1. The van der Waals surface area contributed by atoms with E-state index in [9.17, 15) is 0 Å². The minimum absolute atomic E-state index is 0.00865. The Labute approximate surface area is 174 Å². The third-order valence-electron chi connectivity index (χ3n) is 4.47. The Morgan fingerprint density at radius 3 is 2.46 bits per heavy atom.